The lowest BCUT2D eigenvalue weighted by atomic mass is 10.2. The molecule has 1 aromatic carbocycles. The monoisotopic (exact) mass is 269 g/mol. The van der Waals surface area contributed by atoms with Gasteiger partial charge in [0.15, 0.2) is 11.5 Å². The molecular weight excluding hydrogens is 248 g/mol. The van der Waals surface area contributed by atoms with Gasteiger partial charge in [-0.15, -0.1) is 0 Å². The minimum Gasteiger partial charge on any atom is -0.343 e. The summed E-state index contributed by atoms with van der Waals surface area (Å²) >= 11 is 0. The van der Waals surface area contributed by atoms with Crippen molar-refractivity contribution in [3.63, 3.8) is 0 Å². The molecule has 1 saturated carbocycles. The van der Waals surface area contributed by atoms with E-state index in [1.165, 1.54) is 0 Å². The van der Waals surface area contributed by atoms with Gasteiger partial charge in [-0.2, -0.15) is 0 Å². The summed E-state index contributed by atoms with van der Waals surface area (Å²) in [6, 6.07) is 7.45. The number of nitrogens with zero attached hydrogens (tertiary/aromatic N) is 1. The van der Waals surface area contributed by atoms with E-state index in [1.54, 1.807) is 4.90 Å². The molecule has 1 fully saturated rings. The van der Waals surface area contributed by atoms with Crippen LogP contribution in [0.25, 0.3) is 0 Å². The van der Waals surface area contributed by atoms with Gasteiger partial charge in [0.25, 0.3) is 0 Å². The van der Waals surface area contributed by atoms with Crippen LogP contribution < -0.4 is 10.6 Å². The summed E-state index contributed by atoms with van der Waals surface area (Å²) in [6.07, 6.45) is 1.41. The predicted molar refractivity (Wildman–Crippen MR) is 71.6 cm³/mol. The van der Waals surface area contributed by atoms with Crippen molar-refractivity contribution in [1.82, 2.24) is 0 Å². The summed E-state index contributed by atoms with van der Waals surface area (Å²) in [5.74, 6) is 0.178. The van der Waals surface area contributed by atoms with E-state index < -0.39 is 5.72 Å². The van der Waals surface area contributed by atoms with Gasteiger partial charge >= 0.3 is 0 Å². The molecule has 6 nitrogen and oxygen atoms in total. The van der Waals surface area contributed by atoms with Crippen molar-refractivity contribution in [2.75, 3.05) is 11.4 Å². The van der Waals surface area contributed by atoms with E-state index in [-0.39, 0.29) is 19.7 Å². The molecule has 1 aliphatic rings. The Morgan fingerprint density at radius 1 is 1.32 bits per heavy atom. The van der Waals surface area contributed by atoms with E-state index in [1.807, 2.05) is 24.3 Å². The van der Waals surface area contributed by atoms with Crippen LogP contribution in [0.4, 0.5) is 11.4 Å². The minimum absolute atomic E-state index is 0. The van der Waals surface area contributed by atoms with Gasteiger partial charge in [-0.1, -0.05) is 14.0 Å². The molecule has 6 heteroatoms. The Kier molecular flexibility index (Phi) is 4.90. The lowest BCUT2D eigenvalue weighted by Gasteiger charge is -2.31. The van der Waals surface area contributed by atoms with Gasteiger partial charge < -0.3 is 15.5 Å². The molecule has 0 radical (unpaired) electrons. The molecule has 106 valence electrons. The molecule has 1 aromatic rings. The second-order valence-corrected chi connectivity index (χ2v) is 4.42. The third-order valence-electron chi connectivity index (χ3n) is 3.05. The minimum atomic E-state index is -0.746. The van der Waals surface area contributed by atoms with E-state index in [9.17, 15) is 0 Å². The zero-order valence-corrected chi connectivity index (χ0v) is 10.0. The van der Waals surface area contributed by atoms with Gasteiger partial charge in [-0.25, -0.2) is 15.4 Å². The maximum Gasteiger partial charge on any atom is 0.175 e. The Balaban J connectivity index is 0.00000180. The average molecular weight is 269 g/mol. The van der Waals surface area contributed by atoms with Gasteiger partial charge in [-0.3, -0.25) is 0 Å². The van der Waals surface area contributed by atoms with Crippen LogP contribution >= 0.6 is 0 Å². The van der Waals surface area contributed by atoms with E-state index in [2.05, 4.69) is 22.1 Å². The quantitative estimate of drug-likeness (QED) is 0.318. The van der Waals surface area contributed by atoms with Gasteiger partial charge in [0.2, 0.25) is 0 Å². The van der Waals surface area contributed by atoms with Crippen molar-refractivity contribution < 1.29 is 26.0 Å². The lowest BCUT2D eigenvalue weighted by molar-refractivity contribution is -0.291. The third kappa shape index (κ3) is 3.24. The zero-order chi connectivity index (χ0) is 13.2. The molecular formula is C13H21N2O4+. The standard InChI is InChI=1S/C12H16N2O4.CH4/c1-9(17-15)8-14(12(18-16)6-7-12)11-4-2-10(13)3-5-11;/h2-5,15-16H,1,6-8,13H2;1H4/p+1. The number of benzene rings is 1. The third-order valence-corrected chi connectivity index (χ3v) is 3.05. The van der Waals surface area contributed by atoms with Crippen LogP contribution in [0, 0.1) is 0 Å². The Hall–Kier alpha value is -1.60. The summed E-state index contributed by atoms with van der Waals surface area (Å²) in [4.78, 5) is 10.5. The number of rotatable bonds is 6. The van der Waals surface area contributed by atoms with Gasteiger partial charge in [0, 0.05) is 30.7 Å². The number of hydrogen-bond donors (Lipinski definition) is 3. The van der Waals surface area contributed by atoms with Crippen molar-refractivity contribution in [2.45, 2.75) is 26.0 Å². The largest absolute Gasteiger partial charge is 0.343 e. The summed E-state index contributed by atoms with van der Waals surface area (Å²) in [7, 11) is 0. The van der Waals surface area contributed by atoms with Crippen molar-refractivity contribution in [3.05, 3.63) is 36.6 Å². The first kappa shape index (κ1) is 15.5. The van der Waals surface area contributed by atoms with Crippen molar-refractivity contribution >= 4 is 11.4 Å². The fourth-order valence-electron chi connectivity index (χ4n) is 1.87. The van der Waals surface area contributed by atoms with Gasteiger partial charge in [0.1, 0.15) is 5.69 Å². The van der Waals surface area contributed by atoms with E-state index >= 15 is 0 Å². The first-order valence-electron chi connectivity index (χ1n) is 5.63. The van der Waals surface area contributed by atoms with E-state index in [0.717, 1.165) is 11.4 Å². The second-order valence-electron chi connectivity index (χ2n) is 4.42. The van der Waals surface area contributed by atoms with Crippen molar-refractivity contribution in [3.8, 4) is 0 Å². The molecule has 0 saturated heterocycles. The van der Waals surface area contributed by atoms with Crippen LogP contribution in [0.3, 0.4) is 0 Å². The van der Waals surface area contributed by atoms with E-state index in [0.29, 0.717) is 12.8 Å². The maximum absolute atomic E-state index is 9.04. The topological polar surface area (TPSA) is 89.8 Å². The molecule has 0 unspecified atom stereocenters. The fraction of sp³-hybridized carbons (Fsp3) is 0.385. The highest BCUT2D eigenvalue weighted by atomic mass is 17.1. The molecule has 0 aliphatic heterocycles. The summed E-state index contributed by atoms with van der Waals surface area (Å²) in [5, 5.41) is 17.6. The summed E-state index contributed by atoms with van der Waals surface area (Å²) < 4.78 is 0. The average Bonchev–Trinajstić information content (AvgIpc) is 3.18. The predicted octanol–water partition coefficient (Wildman–Crippen LogP) is 1.99. The summed E-state index contributed by atoms with van der Waals surface area (Å²) in [6.45, 7) is 3.80. The van der Waals surface area contributed by atoms with Crippen LogP contribution in [-0.2, 0) is 9.78 Å². The van der Waals surface area contributed by atoms with E-state index in [4.69, 9.17) is 10.5 Å². The van der Waals surface area contributed by atoms with Gasteiger partial charge in [-0.05, 0) is 12.1 Å². The molecule has 0 bridgehead atoms. The highest BCUT2D eigenvalue weighted by Gasteiger charge is 2.51. The Morgan fingerprint density at radius 3 is 2.32 bits per heavy atom. The molecule has 19 heavy (non-hydrogen) atoms. The maximum atomic E-state index is 9.04. The Morgan fingerprint density at radius 2 is 1.89 bits per heavy atom. The molecule has 5 N–H and O–H groups in total. The van der Waals surface area contributed by atoms with Crippen molar-refractivity contribution in [2.24, 2.45) is 0 Å². The SMILES string of the molecule is C.C=C(CN(c1ccc([NH3+])cc1)C1(OO)CC1)OO. The number of quaternary nitrogens is 1. The number of anilines is 1. The number of hydrogen-bond acceptors (Lipinski definition) is 5. The summed E-state index contributed by atoms with van der Waals surface area (Å²) in [5.41, 5.74) is 4.80. The highest BCUT2D eigenvalue weighted by Crippen LogP contribution is 2.44. The molecule has 1 aliphatic carbocycles. The van der Waals surface area contributed by atoms with Crippen molar-refractivity contribution in [1.29, 1.82) is 0 Å². The smallest absolute Gasteiger partial charge is 0.175 e. The van der Waals surface area contributed by atoms with Crippen LogP contribution in [0.1, 0.15) is 20.3 Å². The molecule has 0 spiro atoms. The first-order chi connectivity index (χ1) is 8.61. The van der Waals surface area contributed by atoms with Crippen LogP contribution in [0.2, 0.25) is 0 Å². The zero-order valence-electron chi connectivity index (χ0n) is 10.0. The highest BCUT2D eigenvalue weighted by molar-refractivity contribution is 5.54. The van der Waals surface area contributed by atoms with Gasteiger partial charge in [0.05, 0.1) is 6.54 Å². The Labute approximate surface area is 112 Å². The Bertz CT molecular complexity index is 429. The van der Waals surface area contributed by atoms with Crippen LogP contribution in [0.5, 0.6) is 0 Å². The molecule has 0 heterocycles. The molecule has 2 rings (SSSR count). The normalized spacial score (nSPS) is 15.3. The second kappa shape index (κ2) is 6.03. The first-order valence-corrected chi connectivity index (χ1v) is 5.63. The molecule has 0 amide bonds. The van der Waals surface area contributed by atoms with Crippen LogP contribution in [0.15, 0.2) is 36.6 Å². The molecule has 0 aromatic heterocycles. The fourth-order valence-corrected chi connectivity index (χ4v) is 1.87. The van der Waals surface area contributed by atoms with Crippen LogP contribution in [-0.4, -0.2) is 22.8 Å². The lowest BCUT2D eigenvalue weighted by Crippen LogP contribution is -2.42. The molecule has 0 atom stereocenters.